The highest BCUT2D eigenvalue weighted by molar-refractivity contribution is 5.08. The average molecular weight is 209 g/mol. The lowest BCUT2D eigenvalue weighted by molar-refractivity contribution is 0.392. The number of methoxy groups -OCH3 is 1. The Morgan fingerprint density at radius 1 is 1.47 bits per heavy atom. The summed E-state index contributed by atoms with van der Waals surface area (Å²) in [4.78, 5) is 8.51. The lowest BCUT2D eigenvalue weighted by Crippen LogP contribution is -2.30. The van der Waals surface area contributed by atoms with Gasteiger partial charge in [0, 0.05) is 24.7 Å². The highest BCUT2D eigenvalue weighted by atomic mass is 16.5. The topological polar surface area (TPSA) is 47.0 Å². The van der Waals surface area contributed by atoms with Crippen molar-refractivity contribution in [1.82, 2.24) is 15.3 Å². The maximum absolute atomic E-state index is 5.06. The molecule has 15 heavy (non-hydrogen) atoms. The van der Waals surface area contributed by atoms with E-state index in [0.29, 0.717) is 11.9 Å². The smallest absolute Gasteiger partial charge is 0.216 e. The molecule has 1 aromatic heterocycles. The molecular weight excluding hydrogens is 190 g/mol. The van der Waals surface area contributed by atoms with E-state index in [1.807, 2.05) is 0 Å². The van der Waals surface area contributed by atoms with Crippen molar-refractivity contribution in [3.05, 3.63) is 18.1 Å². The minimum Gasteiger partial charge on any atom is -0.481 e. The van der Waals surface area contributed by atoms with Crippen LogP contribution in [0.5, 0.6) is 5.88 Å². The van der Waals surface area contributed by atoms with Crippen LogP contribution >= 0.6 is 0 Å². The van der Waals surface area contributed by atoms with E-state index in [9.17, 15) is 0 Å². The Labute approximate surface area is 91.1 Å². The zero-order valence-electron chi connectivity index (χ0n) is 9.66. The Hall–Kier alpha value is -1.16. The Morgan fingerprint density at radius 3 is 2.87 bits per heavy atom. The molecular formula is C11H19N3O. The second-order valence-corrected chi connectivity index (χ2v) is 3.38. The summed E-state index contributed by atoms with van der Waals surface area (Å²) in [6.07, 6.45) is 3.66. The molecule has 1 aromatic rings. The number of ether oxygens (including phenoxy) is 1. The van der Waals surface area contributed by atoms with Gasteiger partial charge in [-0.2, -0.15) is 4.98 Å². The van der Waals surface area contributed by atoms with Gasteiger partial charge in [-0.05, 0) is 13.0 Å². The number of hydrogen-bond donors (Lipinski definition) is 1. The Bertz CT molecular complexity index is 291. The third kappa shape index (κ3) is 3.83. The Kier molecular flexibility index (Phi) is 5.04. The summed E-state index contributed by atoms with van der Waals surface area (Å²) >= 11 is 0. The average Bonchev–Trinajstić information content (AvgIpc) is 2.29. The summed E-state index contributed by atoms with van der Waals surface area (Å²) in [6.45, 7) is 5.24. The zero-order chi connectivity index (χ0) is 11.1. The monoisotopic (exact) mass is 209 g/mol. The second-order valence-electron chi connectivity index (χ2n) is 3.38. The first kappa shape index (κ1) is 11.9. The van der Waals surface area contributed by atoms with Gasteiger partial charge in [-0.25, -0.2) is 4.98 Å². The number of nitrogens with zero attached hydrogens (tertiary/aromatic N) is 2. The standard InChI is InChI=1S/C11H19N3O/c1-4-9(12-5-2)8-10-13-7-6-11(14-10)15-3/h6-7,9,12H,4-5,8H2,1-3H3. The Balaban J connectivity index is 2.61. The van der Waals surface area contributed by atoms with E-state index in [0.717, 1.165) is 25.2 Å². The van der Waals surface area contributed by atoms with Crippen molar-refractivity contribution in [2.24, 2.45) is 0 Å². The first-order valence-corrected chi connectivity index (χ1v) is 5.39. The van der Waals surface area contributed by atoms with Crippen LogP contribution in [0.1, 0.15) is 26.1 Å². The number of hydrogen-bond acceptors (Lipinski definition) is 4. The van der Waals surface area contributed by atoms with Crippen molar-refractivity contribution in [3.63, 3.8) is 0 Å². The molecule has 0 fully saturated rings. The molecule has 0 aliphatic carbocycles. The van der Waals surface area contributed by atoms with Crippen LogP contribution in [0.15, 0.2) is 12.3 Å². The van der Waals surface area contributed by atoms with Gasteiger partial charge in [0.25, 0.3) is 0 Å². The third-order valence-corrected chi connectivity index (χ3v) is 2.30. The van der Waals surface area contributed by atoms with Gasteiger partial charge in [-0.1, -0.05) is 13.8 Å². The molecule has 0 aliphatic heterocycles. The molecule has 1 N–H and O–H groups in total. The molecule has 0 radical (unpaired) electrons. The molecule has 4 nitrogen and oxygen atoms in total. The first-order chi connectivity index (χ1) is 7.30. The number of likely N-dealkylation sites (N-methyl/N-ethyl adjacent to an activating group) is 1. The quantitative estimate of drug-likeness (QED) is 0.769. The van der Waals surface area contributed by atoms with E-state index in [4.69, 9.17) is 4.74 Å². The predicted octanol–water partition coefficient (Wildman–Crippen LogP) is 1.42. The van der Waals surface area contributed by atoms with Crippen LogP contribution in [-0.2, 0) is 6.42 Å². The van der Waals surface area contributed by atoms with Gasteiger partial charge in [0.05, 0.1) is 7.11 Å². The molecule has 1 heterocycles. The van der Waals surface area contributed by atoms with Crippen molar-refractivity contribution in [2.45, 2.75) is 32.7 Å². The minimum atomic E-state index is 0.446. The Morgan fingerprint density at radius 2 is 2.27 bits per heavy atom. The summed E-state index contributed by atoms with van der Waals surface area (Å²) in [5.41, 5.74) is 0. The van der Waals surface area contributed by atoms with Crippen molar-refractivity contribution in [1.29, 1.82) is 0 Å². The van der Waals surface area contributed by atoms with Crippen molar-refractivity contribution in [2.75, 3.05) is 13.7 Å². The van der Waals surface area contributed by atoms with E-state index in [-0.39, 0.29) is 0 Å². The summed E-state index contributed by atoms with van der Waals surface area (Å²) in [5, 5.41) is 3.40. The number of aromatic nitrogens is 2. The van der Waals surface area contributed by atoms with Crippen LogP contribution in [0, 0.1) is 0 Å². The van der Waals surface area contributed by atoms with E-state index in [2.05, 4.69) is 29.1 Å². The van der Waals surface area contributed by atoms with Crippen LogP contribution in [-0.4, -0.2) is 29.7 Å². The van der Waals surface area contributed by atoms with Crippen LogP contribution in [0.25, 0.3) is 0 Å². The first-order valence-electron chi connectivity index (χ1n) is 5.39. The largest absolute Gasteiger partial charge is 0.481 e. The fourth-order valence-electron chi connectivity index (χ4n) is 1.46. The summed E-state index contributed by atoms with van der Waals surface area (Å²) in [6, 6.07) is 2.21. The third-order valence-electron chi connectivity index (χ3n) is 2.30. The molecule has 0 amide bonds. The van der Waals surface area contributed by atoms with Gasteiger partial charge in [-0.15, -0.1) is 0 Å². The van der Waals surface area contributed by atoms with Crippen LogP contribution in [0.3, 0.4) is 0 Å². The summed E-state index contributed by atoms with van der Waals surface area (Å²) in [5.74, 6) is 1.47. The zero-order valence-corrected chi connectivity index (χ0v) is 9.66. The predicted molar refractivity (Wildman–Crippen MR) is 60.0 cm³/mol. The summed E-state index contributed by atoms with van der Waals surface area (Å²) in [7, 11) is 1.62. The molecule has 84 valence electrons. The van der Waals surface area contributed by atoms with Gasteiger partial charge >= 0.3 is 0 Å². The maximum atomic E-state index is 5.06. The van der Waals surface area contributed by atoms with Gasteiger partial charge in [-0.3, -0.25) is 0 Å². The highest BCUT2D eigenvalue weighted by Gasteiger charge is 2.08. The molecule has 1 atom stereocenters. The van der Waals surface area contributed by atoms with Crippen LogP contribution in [0.2, 0.25) is 0 Å². The van der Waals surface area contributed by atoms with Crippen molar-refractivity contribution in [3.8, 4) is 5.88 Å². The van der Waals surface area contributed by atoms with E-state index in [1.54, 1.807) is 19.4 Å². The van der Waals surface area contributed by atoms with E-state index < -0.39 is 0 Å². The van der Waals surface area contributed by atoms with Gasteiger partial charge in [0.15, 0.2) is 0 Å². The van der Waals surface area contributed by atoms with Gasteiger partial charge in [0.1, 0.15) is 5.82 Å². The van der Waals surface area contributed by atoms with E-state index >= 15 is 0 Å². The molecule has 0 saturated carbocycles. The fourth-order valence-corrected chi connectivity index (χ4v) is 1.46. The van der Waals surface area contributed by atoms with Crippen molar-refractivity contribution >= 4 is 0 Å². The molecule has 1 unspecified atom stereocenters. The number of nitrogens with one attached hydrogen (secondary N) is 1. The molecule has 0 bridgehead atoms. The van der Waals surface area contributed by atoms with Crippen LogP contribution in [0.4, 0.5) is 0 Å². The normalized spacial score (nSPS) is 12.5. The lowest BCUT2D eigenvalue weighted by Gasteiger charge is -2.14. The molecule has 4 heteroatoms. The van der Waals surface area contributed by atoms with Crippen LogP contribution < -0.4 is 10.1 Å². The molecule has 0 aliphatic rings. The lowest BCUT2D eigenvalue weighted by atomic mass is 10.1. The molecule has 0 saturated heterocycles. The fraction of sp³-hybridized carbons (Fsp3) is 0.636. The van der Waals surface area contributed by atoms with E-state index in [1.165, 1.54) is 0 Å². The van der Waals surface area contributed by atoms with Gasteiger partial charge in [0.2, 0.25) is 5.88 Å². The van der Waals surface area contributed by atoms with Crippen molar-refractivity contribution < 1.29 is 4.74 Å². The second kappa shape index (κ2) is 6.35. The molecule has 1 rings (SSSR count). The maximum Gasteiger partial charge on any atom is 0.216 e. The molecule has 0 aromatic carbocycles. The minimum absolute atomic E-state index is 0.446. The highest BCUT2D eigenvalue weighted by Crippen LogP contribution is 2.06. The SMILES string of the molecule is CCNC(CC)Cc1nccc(OC)n1. The number of rotatable bonds is 6. The molecule has 0 spiro atoms. The summed E-state index contributed by atoms with van der Waals surface area (Å²) < 4.78 is 5.06. The van der Waals surface area contributed by atoms with Gasteiger partial charge < -0.3 is 10.1 Å².